The summed E-state index contributed by atoms with van der Waals surface area (Å²) in [6, 6.07) is 1.96. The molecule has 0 aliphatic rings. The Kier molecular flexibility index (Phi) is 2.65. The number of aromatic nitrogens is 1. The van der Waals surface area contributed by atoms with Crippen LogP contribution in [0.2, 0.25) is 0 Å². The number of hydrogen-bond acceptors (Lipinski definition) is 3. The van der Waals surface area contributed by atoms with E-state index in [4.69, 9.17) is 5.11 Å². The van der Waals surface area contributed by atoms with Gasteiger partial charge >= 0.3 is 0 Å². The van der Waals surface area contributed by atoms with E-state index in [9.17, 15) is 0 Å². The lowest BCUT2D eigenvalue weighted by atomic mass is 10.2. The number of aryl methyl sites for hydroxylation is 1. The number of rotatable bonds is 2. The van der Waals surface area contributed by atoms with Crippen molar-refractivity contribution in [3.05, 3.63) is 23.5 Å². The summed E-state index contributed by atoms with van der Waals surface area (Å²) in [4.78, 5) is 6.08. The first-order valence-corrected chi connectivity index (χ1v) is 3.89. The van der Waals surface area contributed by atoms with Crippen LogP contribution in [0.1, 0.15) is 11.3 Å². The van der Waals surface area contributed by atoms with Crippen molar-refractivity contribution >= 4 is 5.69 Å². The molecule has 0 saturated carbocycles. The number of nitrogens with zero attached hydrogens (tertiary/aromatic N) is 2. The van der Waals surface area contributed by atoms with E-state index in [0.29, 0.717) is 0 Å². The van der Waals surface area contributed by atoms with E-state index in [0.717, 1.165) is 16.9 Å². The standard InChI is InChI=1S/C9H14N2O/c1-7-4-9(11(2)3)8(6-12)5-10-7/h4-5,12H,6H2,1-3H3. The Morgan fingerprint density at radius 3 is 2.67 bits per heavy atom. The molecule has 0 saturated heterocycles. The smallest absolute Gasteiger partial charge is 0.0717 e. The highest BCUT2D eigenvalue weighted by Crippen LogP contribution is 2.17. The van der Waals surface area contributed by atoms with Crippen LogP contribution in [-0.4, -0.2) is 24.2 Å². The third-order valence-electron chi connectivity index (χ3n) is 1.75. The fourth-order valence-corrected chi connectivity index (χ4v) is 1.11. The van der Waals surface area contributed by atoms with Gasteiger partial charge in [-0.3, -0.25) is 4.98 Å². The molecule has 0 aliphatic carbocycles. The van der Waals surface area contributed by atoms with Crippen LogP contribution in [-0.2, 0) is 6.61 Å². The van der Waals surface area contributed by atoms with E-state index < -0.39 is 0 Å². The zero-order valence-electron chi connectivity index (χ0n) is 7.70. The van der Waals surface area contributed by atoms with Crippen LogP contribution < -0.4 is 4.90 Å². The van der Waals surface area contributed by atoms with Gasteiger partial charge in [-0.1, -0.05) is 0 Å². The van der Waals surface area contributed by atoms with E-state index in [1.165, 1.54) is 0 Å². The van der Waals surface area contributed by atoms with Crippen molar-refractivity contribution in [3.63, 3.8) is 0 Å². The van der Waals surface area contributed by atoms with Crippen molar-refractivity contribution in [3.8, 4) is 0 Å². The fourth-order valence-electron chi connectivity index (χ4n) is 1.11. The van der Waals surface area contributed by atoms with Crippen LogP contribution in [0.15, 0.2) is 12.3 Å². The van der Waals surface area contributed by atoms with Crippen molar-refractivity contribution in [2.24, 2.45) is 0 Å². The van der Waals surface area contributed by atoms with Crippen molar-refractivity contribution in [1.82, 2.24) is 4.98 Å². The number of anilines is 1. The second-order valence-corrected chi connectivity index (χ2v) is 3.01. The first-order valence-electron chi connectivity index (χ1n) is 3.89. The Morgan fingerprint density at radius 1 is 1.50 bits per heavy atom. The maximum absolute atomic E-state index is 8.99. The van der Waals surface area contributed by atoms with Gasteiger partial charge in [-0.15, -0.1) is 0 Å². The maximum atomic E-state index is 8.99. The molecule has 66 valence electrons. The average molecular weight is 166 g/mol. The maximum Gasteiger partial charge on any atom is 0.0717 e. The van der Waals surface area contributed by atoms with E-state index in [1.807, 2.05) is 32.0 Å². The minimum atomic E-state index is 0.0425. The van der Waals surface area contributed by atoms with Crippen LogP contribution >= 0.6 is 0 Å². The van der Waals surface area contributed by atoms with E-state index >= 15 is 0 Å². The summed E-state index contributed by atoms with van der Waals surface area (Å²) in [5.74, 6) is 0. The van der Waals surface area contributed by atoms with Gasteiger partial charge in [0.2, 0.25) is 0 Å². The van der Waals surface area contributed by atoms with E-state index in [2.05, 4.69) is 4.98 Å². The highest BCUT2D eigenvalue weighted by Gasteiger charge is 2.03. The van der Waals surface area contributed by atoms with Gasteiger partial charge in [-0.25, -0.2) is 0 Å². The van der Waals surface area contributed by atoms with Gasteiger partial charge in [0.05, 0.1) is 6.61 Å². The number of pyridine rings is 1. The molecule has 0 radical (unpaired) electrons. The predicted molar refractivity (Wildman–Crippen MR) is 49.2 cm³/mol. The highest BCUT2D eigenvalue weighted by atomic mass is 16.3. The molecule has 1 aromatic rings. The Hall–Kier alpha value is -1.09. The molecule has 1 heterocycles. The van der Waals surface area contributed by atoms with Crippen molar-refractivity contribution in [1.29, 1.82) is 0 Å². The van der Waals surface area contributed by atoms with Crippen LogP contribution in [0.4, 0.5) is 5.69 Å². The Labute approximate surface area is 72.7 Å². The summed E-state index contributed by atoms with van der Waals surface area (Å²) in [5.41, 5.74) is 2.87. The molecule has 1 N–H and O–H groups in total. The summed E-state index contributed by atoms with van der Waals surface area (Å²) >= 11 is 0. The van der Waals surface area contributed by atoms with Gasteiger partial charge in [0, 0.05) is 37.2 Å². The molecular weight excluding hydrogens is 152 g/mol. The first kappa shape index (κ1) is 9.00. The summed E-state index contributed by atoms with van der Waals surface area (Å²) in [5, 5.41) is 8.99. The second-order valence-electron chi connectivity index (χ2n) is 3.01. The number of aliphatic hydroxyl groups is 1. The minimum Gasteiger partial charge on any atom is -0.392 e. The zero-order chi connectivity index (χ0) is 9.14. The molecule has 0 bridgehead atoms. The Morgan fingerprint density at radius 2 is 2.17 bits per heavy atom. The van der Waals surface area contributed by atoms with Crippen molar-refractivity contribution < 1.29 is 5.11 Å². The largest absolute Gasteiger partial charge is 0.392 e. The van der Waals surface area contributed by atoms with Gasteiger partial charge in [0.25, 0.3) is 0 Å². The highest BCUT2D eigenvalue weighted by molar-refractivity contribution is 5.51. The summed E-state index contributed by atoms with van der Waals surface area (Å²) in [6.45, 7) is 1.98. The quantitative estimate of drug-likeness (QED) is 0.710. The van der Waals surface area contributed by atoms with E-state index in [-0.39, 0.29) is 6.61 Å². The van der Waals surface area contributed by atoms with Crippen LogP contribution in [0, 0.1) is 6.92 Å². The summed E-state index contributed by atoms with van der Waals surface area (Å²) in [6.07, 6.45) is 1.71. The van der Waals surface area contributed by atoms with Gasteiger partial charge in [-0.2, -0.15) is 0 Å². The molecule has 12 heavy (non-hydrogen) atoms. The third kappa shape index (κ3) is 1.74. The zero-order valence-corrected chi connectivity index (χ0v) is 7.70. The molecule has 0 atom stereocenters. The lowest BCUT2D eigenvalue weighted by molar-refractivity contribution is 0.281. The molecule has 0 aromatic carbocycles. The van der Waals surface area contributed by atoms with Crippen LogP contribution in [0.25, 0.3) is 0 Å². The lowest BCUT2D eigenvalue weighted by Crippen LogP contribution is -2.12. The van der Waals surface area contributed by atoms with Crippen molar-refractivity contribution in [2.45, 2.75) is 13.5 Å². The lowest BCUT2D eigenvalue weighted by Gasteiger charge is -2.16. The van der Waals surface area contributed by atoms with Gasteiger partial charge in [-0.05, 0) is 13.0 Å². The SMILES string of the molecule is Cc1cc(N(C)C)c(CO)cn1. The van der Waals surface area contributed by atoms with Gasteiger partial charge < -0.3 is 10.0 Å². The van der Waals surface area contributed by atoms with Gasteiger partial charge in [0.1, 0.15) is 0 Å². The monoisotopic (exact) mass is 166 g/mol. The van der Waals surface area contributed by atoms with E-state index in [1.54, 1.807) is 6.20 Å². The summed E-state index contributed by atoms with van der Waals surface area (Å²) in [7, 11) is 3.90. The Bertz CT molecular complexity index is 271. The minimum absolute atomic E-state index is 0.0425. The Balaban J connectivity index is 3.12. The van der Waals surface area contributed by atoms with Crippen LogP contribution in [0.5, 0.6) is 0 Å². The molecule has 3 nitrogen and oxygen atoms in total. The van der Waals surface area contributed by atoms with Crippen molar-refractivity contribution in [2.75, 3.05) is 19.0 Å². The summed E-state index contributed by atoms with van der Waals surface area (Å²) < 4.78 is 0. The molecule has 3 heteroatoms. The topological polar surface area (TPSA) is 36.4 Å². The molecule has 0 spiro atoms. The average Bonchev–Trinajstić information content (AvgIpc) is 2.04. The molecule has 0 fully saturated rings. The molecule has 1 rings (SSSR count). The molecular formula is C9H14N2O. The molecule has 1 aromatic heterocycles. The predicted octanol–water partition coefficient (Wildman–Crippen LogP) is 0.948. The number of hydrogen-bond donors (Lipinski definition) is 1. The molecule has 0 amide bonds. The fraction of sp³-hybridized carbons (Fsp3) is 0.444. The molecule has 0 unspecified atom stereocenters. The van der Waals surface area contributed by atoms with Gasteiger partial charge in [0.15, 0.2) is 0 Å². The second kappa shape index (κ2) is 3.54. The third-order valence-corrected chi connectivity index (χ3v) is 1.75. The number of aliphatic hydroxyl groups excluding tert-OH is 1. The molecule has 0 aliphatic heterocycles. The first-order chi connectivity index (χ1) is 5.65. The normalized spacial score (nSPS) is 10.0. The van der Waals surface area contributed by atoms with Crippen LogP contribution in [0.3, 0.4) is 0 Å².